The Balaban J connectivity index is 2.30. The van der Waals surface area contributed by atoms with E-state index in [1.807, 2.05) is 12.1 Å². The summed E-state index contributed by atoms with van der Waals surface area (Å²) in [6.45, 7) is 4.18. The Morgan fingerprint density at radius 2 is 1.79 bits per heavy atom. The van der Waals surface area contributed by atoms with Gasteiger partial charge < -0.3 is 10.7 Å². The minimum Gasteiger partial charge on any atom is -0.340 e. The van der Waals surface area contributed by atoms with Crippen molar-refractivity contribution >= 4 is 17.3 Å². The lowest BCUT2D eigenvalue weighted by Crippen LogP contribution is -2.13. The monoisotopic (exact) mass is 257 g/mol. The van der Waals surface area contributed by atoms with E-state index >= 15 is 0 Å². The van der Waals surface area contributed by atoms with Crippen LogP contribution < -0.4 is 16.6 Å². The number of hydrazine groups is 1. The molecule has 1 aromatic carbocycles. The van der Waals surface area contributed by atoms with Crippen molar-refractivity contribution in [1.29, 1.82) is 0 Å². The number of anilines is 3. The normalized spacial score (nSPS) is 10.3. The molecule has 0 saturated heterocycles. The summed E-state index contributed by atoms with van der Waals surface area (Å²) in [5, 5.41) is 3.31. The molecule has 5 nitrogen and oxygen atoms in total. The zero-order valence-corrected chi connectivity index (χ0v) is 11.3. The van der Waals surface area contributed by atoms with E-state index in [0.29, 0.717) is 5.82 Å². The van der Waals surface area contributed by atoms with Crippen LogP contribution in [0.25, 0.3) is 0 Å². The van der Waals surface area contributed by atoms with Crippen LogP contribution in [0.3, 0.4) is 0 Å². The second-order valence-electron chi connectivity index (χ2n) is 4.43. The van der Waals surface area contributed by atoms with Crippen molar-refractivity contribution in [2.45, 2.75) is 26.7 Å². The SMILES string of the molecule is CCCc1c(NN)ncnc1Nc1ccc(C)cc1. The molecule has 0 aliphatic carbocycles. The van der Waals surface area contributed by atoms with E-state index < -0.39 is 0 Å². The van der Waals surface area contributed by atoms with Gasteiger partial charge >= 0.3 is 0 Å². The average molecular weight is 257 g/mol. The highest BCUT2D eigenvalue weighted by molar-refractivity contribution is 5.64. The lowest BCUT2D eigenvalue weighted by Gasteiger charge is -2.13. The molecule has 2 aromatic rings. The summed E-state index contributed by atoms with van der Waals surface area (Å²) in [5.41, 5.74) is 5.86. The average Bonchev–Trinajstić information content (AvgIpc) is 2.43. The van der Waals surface area contributed by atoms with Gasteiger partial charge in [0.1, 0.15) is 18.0 Å². The molecule has 0 fully saturated rings. The van der Waals surface area contributed by atoms with Crippen molar-refractivity contribution < 1.29 is 0 Å². The van der Waals surface area contributed by atoms with Gasteiger partial charge in [0.05, 0.1) is 0 Å². The van der Waals surface area contributed by atoms with Crippen molar-refractivity contribution in [3.63, 3.8) is 0 Å². The molecule has 0 saturated carbocycles. The van der Waals surface area contributed by atoms with E-state index in [4.69, 9.17) is 5.84 Å². The standard InChI is InChI=1S/C14H19N5/c1-3-4-12-13(16-9-17-14(12)19-15)18-11-7-5-10(2)6-8-11/h5-9H,3-4,15H2,1-2H3,(H2,16,17,18,19). The van der Waals surface area contributed by atoms with Crippen molar-refractivity contribution in [2.24, 2.45) is 5.84 Å². The zero-order chi connectivity index (χ0) is 13.7. The topological polar surface area (TPSA) is 75.9 Å². The number of nitrogens with zero attached hydrogens (tertiary/aromatic N) is 2. The molecule has 5 heteroatoms. The Hall–Kier alpha value is -2.14. The fourth-order valence-electron chi connectivity index (χ4n) is 1.90. The number of nitrogens with two attached hydrogens (primary N) is 1. The summed E-state index contributed by atoms with van der Waals surface area (Å²) >= 11 is 0. The molecule has 0 radical (unpaired) electrons. The molecule has 0 aliphatic heterocycles. The van der Waals surface area contributed by atoms with E-state index in [9.17, 15) is 0 Å². The summed E-state index contributed by atoms with van der Waals surface area (Å²) in [6.07, 6.45) is 3.38. The molecule has 1 aromatic heterocycles. The third-order valence-electron chi connectivity index (χ3n) is 2.90. The van der Waals surface area contributed by atoms with Crippen molar-refractivity contribution in [3.8, 4) is 0 Å². The predicted molar refractivity (Wildman–Crippen MR) is 78.3 cm³/mol. The smallest absolute Gasteiger partial charge is 0.148 e. The Morgan fingerprint density at radius 3 is 2.42 bits per heavy atom. The van der Waals surface area contributed by atoms with E-state index in [2.05, 4.69) is 46.7 Å². The summed E-state index contributed by atoms with van der Waals surface area (Å²) in [7, 11) is 0. The quantitative estimate of drug-likeness (QED) is 0.567. The Labute approximate surface area is 113 Å². The van der Waals surface area contributed by atoms with Crippen LogP contribution in [0.15, 0.2) is 30.6 Å². The largest absolute Gasteiger partial charge is 0.340 e. The third-order valence-corrected chi connectivity index (χ3v) is 2.90. The fourth-order valence-corrected chi connectivity index (χ4v) is 1.90. The van der Waals surface area contributed by atoms with Crippen LogP contribution in [0.4, 0.5) is 17.3 Å². The number of aryl methyl sites for hydroxylation is 1. The van der Waals surface area contributed by atoms with Gasteiger partial charge in [0.15, 0.2) is 0 Å². The molecule has 0 bridgehead atoms. The van der Waals surface area contributed by atoms with E-state index in [1.54, 1.807) is 0 Å². The van der Waals surface area contributed by atoms with Crippen LogP contribution in [-0.4, -0.2) is 9.97 Å². The third kappa shape index (κ3) is 3.20. The molecule has 0 amide bonds. The summed E-state index contributed by atoms with van der Waals surface area (Å²) in [6, 6.07) is 8.18. The highest BCUT2D eigenvalue weighted by atomic mass is 15.3. The molecule has 2 rings (SSSR count). The van der Waals surface area contributed by atoms with Gasteiger partial charge in [0, 0.05) is 11.3 Å². The minimum absolute atomic E-state index is 0.673. The first kappa shape index (κ1) is 13.3. The summed E-state index contributed by atoms with van der Waals surface area (Å²) in [5.74, 6) is 6.97. The van der Waals surface area contributed by atoms with Crippen LogP contribution in [0, 0.1) is 6.92 Å². The first-order valence-corrected chi connectivity index (χ1v) is 6.38. The molecule has 0 spiro atoms. The number of benzene rings is 1. The number of hydrogen-bond acceptors (Lipinski definition) is 5. The predicted octanol–water partition coefficient (Wildman–Crippen LogP) is 2.77. The van der Waals surface area contributed by atoms with E-state index in [0.717, 1.165) is 29.9 Å². The maximum absolute atomic E-state index is 5.49. The zero-order valence-electron chi connectivity index (χ0n) is 11.3. The number of hydrogen-bond donors (Lipinski definition) is 3. The Morgan fingerprint density at radius 1 is 1.11 bits per heavy atom. The van der Waals surface area contributed by atoms with E-state index in [1.165, 1.54) is 11.9 Å². The number of nitrogen functional groups attached to an aromatic ring is 1. The van der Waals surface area contributed by atoms with Crippen LogP contribution in [0.5, 0.6) is 0 Å². The van der Waals surface area contributed by atoms with Gasteiger partial charge in [-0.05, 0) is 25.5 Å². The van der Waals surface area contributed by atoms with Gasteiger partial charge in [0.25, 0.3) is 0 Å². The molecular formula is C14H19N5. The molecule has 100 valence electrons. The maximum atomic E-state index is 5.49. The first-order chi connectivity index (χ1) is 9.24. The van der Waals surface area contributed by atoms with Gasteiger partial charge in [0.2, 0.25) is 0 Å². The first-order valence-electron chi connectivity index (χ1n) is 6.38. The van der Waals surface area contributed by atoms with Gasteiger partial charge in [-0.1, -0.05) is 31.0 Å². The molecule has 0 unspecified atom stereocenters. The van der Waals surface area contributed by atoms with Crippen LogP contribution in [-0.2, 0) is 6.42 Å². The highest BCUT2D eigenvalue weighted by Gasteiger charge is 2.10. The van der Waals surface area contributed by atoms with Crippen molar-refractivity contribution in [1.82, 2.24) is 9.97 Å². The number of nitrogens with one attached hydrogen (secondary N) is 2. The fraction of sp³-hybridized carbons (Fsp3) is 0.286. The van der Waals surface area contributed by atoms with Gasteiger partial charge in [-0.15, -0.1) is 0 Å². The van der Waals surface area contributed by atoms with Gasteiger partial charge in [-0.25, -0.2) is 15.8 Å². The summed E-state index contributed by atoms with van der Waals surface area (Å²) in [4.78, 5) is 8.45. The minimum atomic E-state index is 0.673. The van der Waals surface area contributed by atoms with E-state index in [-0.39, 0.29) is 0 Å². The highest BCUT2D eigenvalue weighted by Crippen LogP contribution is 2.24. The van der Waals surface area contributed by atoms with Gasteiger partial charge in [-0.2, -0.15) is 0 Å². The molecule has 0 atom stereocenters. The Bertz CT molecular complexity index is 536. The Kier molecular flexibility index (Phi) is 4.30. The molecule has 19 heavy (non-hydrogen) atoms. The molecule has 4 N–H and O–H groups in total. The lowest BCUT2D eigenvalue weighted by atomic mass is 10.1. The van der Waals surface area contributed by atoms with Crippen LogP contribution in [0.1, 0.15) is 24.5 Å². The number of aromatic nitrogens is 2. The van der Waals surface area contributed by atoms with Crippen LogP contribution in [0.2, 0.25) is 0 Å². The van der Waals surface area contributed by atoms with Crippen LogP contribution >= 0.6 is 0 Å². The second kappa shape index (κ2) is 6.15. The van der Waals surface area contributed by atoms with Crippen molar-refractivity contribution in [2.75, 3.05) is 10.7 Å². The maximum Gasteiger partial charge on any atom is 0.148 e. The lowest BCUT2D eigenvalue weighted by molar-refractivity contribution is 0.903. The second-order valence-corrected chi connectivity index (χ2v) is 4.43. The van der Waals surface area contributed by atoms with Gasteiger partial charge in [-0.3, -0.25) is 0 Å². The number of rotatable bonds is 5. The summed E-state index contributed by atoms with van der Waals surface area (Å²) < 4.78 is 0. The molecule has 0 aliphatic rings. The molecular weight excluding hydrogens is 238 g/mol. The van der Waals surface area contributed by atoms with Crippen molar-refractivity contribution in [3.05, 3.63) is 41.7 Å². The molecule has 1 heterocycles.